The van der Waals surface area contributed by atoms with E-state index in [1.54, 1.807) is 24.3 Å². The lowest BCUT2D eigenvalue weighted by atomic mass is 10.1. The summed E-state index contributed by atoms with van der Waals surface area (Å²) in [5.41, 5.74) is 2.58. The molecular formula is C23H18N2O4. The number of hydrogen-bond acceptors (Lipinski definition) is 4. The van der Waals surface area contributed by atoms with Crippen LogP contribution in [0.5, 0.6) is 0 Å². The zero-order chi connectivity index (χ0) is 20.6. The number of aliphatic hydroxyl groups excluding tert-OH is 1. The van der Waals surface area contributed by atoms with Gasteiger partial charge in [-0.1, -0.05) is 30.0 Å². The monoisotopic (exact) mass is 386 g/mol. The van der Waals surface area contributed by atoms with Crippen molar-refractivity contribution in [3.63, 3.8) is 0 Å². The third kappa shape index (κ3) is 5.51. The summed E-state index contributed by atoms with van der Waals surface area (Å²) in [6.07, 6.45) is -0.962. The largest absolute Gasteiger partial charge is 0.387 e. The third-order valence-corrected chi connectivity index (χ3v) is 4.22. The van der Waals surface area contributed by atoms with Gasteiger partial charge in [-0.3, -0.25) is 14.9 Å². The topological polar surface area (TPSA) is 92.5 Å². The van der Waals surface area contributed by atoms with Gasteiger partial charge in [-0.15, -0.1) is 0 Å². The highest BCUT2D eigenvalue weighted by atomic mass is 16.6. The van der Waals surface area contributed by atoms with E-state index in [0.717, 1.165) is 11.1 Å². The van der Waals surface area contributed by atoms with Crippen molar-refractivity contribution in [3.05, 3.63) is 111 Å². The first-order valence-corrected chi connectivity index (χ1v) is 8.90. The van der Waals surface area contributed by atoms with Crippen LogP contribution in [0.2, 0.25) is 0 Å². The Hall–Kier alpha value is -3.95. The van der Waals surface area contributed by atoms with Crippen LogP contribution in [0.4, 0.5) is 5.69 Å². The summed E-state index contributed by atoms with van der Waals surface area (Å²) in [7, 11) is 0. The predicted octanol–water partition coefficient (Wildman–Crippen LogP) is 3.46. The molecule has 0 aliphatic heterocycles. The van der Waals surface area contributed by atoms with Crippen molar-refractivity contribution in [2.24, 2.45) is 0 Å². The van der Waals surface area contributed by atoms with Gasteiger partial charge in [0, 0.05) is 35.4 Å². The molecule has 0 aliphatic carbocycles. The highest BCUT2D eigenvalue weighted by Gasteiger charge is 2.12. The molecule has 3 aromatic carbocycles. The van der Waals surface area contributed by atoms with E-state index in [1.807, 2.05) is 30.3 Å². The second-order valence-electron chi connectivity index (χ2n) is 6.27. The second-order valence-corrected chi connectivity index (χ2v) is 6.27. The maximum Gasteiger partial charge on any atom is 0.269 e. The van der Waals surface area contributed by atoms with Gasteiger partial charge in [0.25, 0.3) is 11.6 Å². The predicted molar refractivity (Wildman–Crippen MR) is 109 cm³/mol. The van der Waals surface area contributed by atoms with E-state index in [4.69, 9.17) is 0 Å². The van der Waals surface area contributed by atoms with E-state index in [9.17, 15) is 20.0 Å². The van der Waals surface area contributed by atoms with Gasteiger partial charge in [-0.05, 0) is 54.1 Å². The lowest BCUT2D eigenvalue weighted by molar-refractivity contribution is -0.384. The fraction of sp³-hybridized carbons (Fsp3) is 0.0870. The minimum absolute atomic E-state index is 0.00773. The van der Waals surface area contributed by atoms with Crippen molar-refractivity contribution in [2.45, 2.75) is 6.10 Å². The van der Waals surface area contributed by atoms with E-state index in [0.29, 0.717) is 11.1 Å². The van der Waals surface area contributed by atoms with Gasteiger partial charge in [0.2, 0.25) is 0 Å². The standard InChI is InChI=1S/C23H18N2O4/c26-22(19-12-14-21(15-13-19)25(28)29)16-24-23(27)20-10-8-18(9-11-20)7-6-17-4-2-1-3-5-17/h1-5,8-15,22,26H,16H2,(H,24,27). The number of rotatable bonds is 5. The number of nitrogens with zero attached hydrogens (tertiary/aromatic N) is 1. The average molecular weight is 386 g/mol. The highest BCUT2D eigenvalue weighted by Crippen LogP contribution is 2.17. The van der Waals surface area contributed by atoms with E-state index in [2.05, 4.69) is 17.2 Å². The quantitative estimate of drug-likeness (QED) is 0.399. The second kappa shape index (κ2) is 9.31. The summed E-state index contributed by atoms with van der Waals surface area (Å²) >= 11 is 0. The molecule has 1 unspecified atom stereocenters. The summed E-state index contributed by atoms with van der Waals surface area (Å²) in [6.45, 7) is -0.00773. The molecule has 1 amide bonds. The minimum Gasteiger partial charge on any atom is -0.387 e. The number of carbonyl (C=O) groups excluding carboxylic acids is 1. The SMILES string of the molecule is O=C(NCC(O)c1ccc([N+](=O)[O-])cc1)c1ccc(C#Cc2ccccc2)cc1. The fourth-order valence-corrected chi connectivity index (χ4v) is 2.60. The first-order chi connectivity index (χ1) is 14.0. The molecule has 0 heterocycles. The Kier molecular flexibility index (Phi) is 6.36. The van der Waals surface area contributed by atoms with Crippen LogP contribution in [0.15, 0.2) is 78.9 Å². The van der Waals surface area contributed by atoms with Crippen molar-refractivity contribution in [1.29, 1.82) is 0 Å². The number of nitrogens with one attached hydrogen (secondary N) is 1. The number of aliphatic hydroxyl groups is 1. The van der Waals surface area contributed by atoms with Gasteiger partial charge in [-0.2, -0.15) is 0 Å². The number of amides is 1. The molecule has 0 aromatic heterocycles. The molecule has 144 valence electrons. The van der Waals surface area contributed by atoms with E-state index >= 15 is 0 Å². The van der Waals surface area contributed by atoms with Crippen LogP contribution in [0.1, 0.15) is 33.2 Å². The minimum atomic E-state index is -0.962. The molecule has 2 N–H and O–H groups in total. The molecule has 6 nitrogen and oxygen atoms in total. The fourth-order valence-electron chi connectivity index (χ4n) is 2.60. The zero-order valence-corrected chi connectivity index (χ0v) is 15.4. The molecule has 0 saturated carbocycles. The van der Waals surface area contributed by atoms with Crippen molar-refractivity contribution in [2.75, 3.05) is 6.54 Å². The van der Waals surface area contributed by atoms with Crippen molar-refractivity contribution in [1.82, 2.24) is 5.32 Å². The Balaban J connectivity index is 1.56. The Morgan fingerprint density at radius 1 is 0.931 bits per heavy atom. The molecule has 0 radical (unpaired) electrons. The summed E-state index contributed by atoms with van der Waals surface area (Å²) in [5, 5.41) is 23.5. The first-order valence-electron chi connectivity index (χ1n) is 8.90. The maximum absolute atomic E-state index is 12.3. The molecule has 0 aliphatic rings. The van der Waals surface area contributed by atoms with Crippen LogP contribution in [-0.2, 0) is 0 Å². The van der Waals surface area contributed by atoms with Crippen LogP contribution in [0.25, 0.3) is 0 Å². The molecule has 0 saturated heterocycles. The van der Waals surface area contributed by atoms with Gasteiger partial charge in [-0.25, -0.2) is 0 Å². The zero-order valence-electron chi connectivity index (χ0n) is 15.4. The van der Waals surface area contributed by atoms with Crippen molar-refractivity contribution >= 4 is 11.6 Å². The van der Waals surface area contributed by atoms with Crippen LogP contribution in [-0.4, -0.2) is 22.5 Å². The van der Waals surface area contributed by atoms with Gasteiger partial charge in [0.15, 0.2) is 0 Å². The number of hydrogen-bond donors (Lipinski definition) is 2. The van der Waals surface area contributed by atoms with Gasteiger partial charge in [0.1, 0.15) is 0 Å². The van der Waals surface area contributed by atoms with Crippen LogP contribution in [0, 0.1) is 22.0 Å². The number of benzene rings is 3. The summed E-state index contributed by atoms with van der Waals surface area (Å²) < 4.78 is 0. The summed E-state index contributed by atoms with van der Waals surface area (Å²) in [6, 6.07) is 22.0. The molecule has 6 heteroatoms. The lowest BCUT2D eigenvalue weighted by Crippen LogP contribution is -2.28. The number of nitro benzene ring substituents is 1. The first kappa shape index (κ1) is 19.8. The molecule has 3 rings (SSSR count). The highest BCUT2D eigenvalue weighted by molar-refractivity contribution is 5.94. The molecule has 3 aromatic rings. The molecule has 0 bridgehead atoms. The van der Waals surface area contributed by atoms with Crippen LogP contribution in [0.3, 0.4) is 0 Å². The Morgan fingerprint density at radius 3 is 2.10 bits per heavy atom. The average Bonchev–Trinajstić information content (AvgIpc) is 2.77. The Bertz CT molecular complexity index is 1050. The van der Waals surface area contributed by atoms with Crippen molar-refractivity contribution in [3.8, 4) is 11.8 Å². The van der Waals surface area contributed by atoms with Gasteiger partial charge < -0.3 is 10.4 Å². The van der Waals surface area contributed by atoms with Crippen LogP contribution >= 0.6 is 0 Å². The maximum atomic E-state index is 12.3. The Labute approximate surface area is 168 Å². The third-order valence-electron chi connectivity index (χ3n) is 4.22. The van der Waals surface area contributed by atoms with Gasteiger partial charge in [0.05, 0.1) is 11.0 Å². The smallest absolute Gasteiger partial charge is 0.269 e. The number of nitro groups is 1. The molecule has 0 spiro atoms. The van der Waals surface area contributed by atoms with Crippen molar-refractivity contribution < 1.29 is 14.8 Å². The molecule has 0 fully saturated rings. The van der Waals surface area contributed by atoms with E-state index < -0.39 is 11.0 Å². The molecule has 1 atom stereocenters. The van der Waals surface area contributed by atoms with Gasteiger partial charge >= 0.3 is 0 Å². The lowest BCUT2D eigenvalue weighted by Gasteiger charge is -2.12. The number of carbonyl (C=O) groups is 1. The Morgan fingerprint density at radius 2 is 1.52 bits per heavy atom. The number of non-ortho nitro benzene ring substituents is 1. The molecular weight excluding hydrogens is 368 g/mol. The summed E-state index contributed by atoms with van der Waals surface area (Å²) in [5.74, 6) is 5.77. The van der Waals surface area contributed by atoms with E-state index in [-0.39, 0.29) is 18.1 Å². The van der Waals surface area contributed by atoms with E-state index in [1.165, 1.54) is 24.3 Å². The summed E-state index contributed by atoms with van der Waals surface area (Å²) in [4.78, 5) is 22.4. The van der Waals surface area contributed by atoms with Crippen LogP contribution < -0.4 is 5.32 Å². The normalized spacial score (nSPS) is 11.1. The molecule has 29 heavy (non-hydrogen) atoms.